The standard InChI is InChI=1S/C23H32N2O4/c1-17-9-6-7-10-21(17)29-14-8-13-25(3)16-23(26)24-18(2)20-15-19(27-4)11-12-22(20)28-5/h6-7,9-12,15,18H,8,13-14,16H2,1-5H3,(H,24,26). The highest BCUT2D eigenvalue weighted by Gasteiger charge is 2.16. The van der Waals surface area contributed by atoms with Gasteiger partial charge in [0, 0.05) is 12.1 Å². The van der Waals surface area contributed by atoms with Gasteiger partial charge in [0.15, 0.2) is 0 Å². The Morgan fingerprint density at radius 1 is 1.10 bits per heavy atom. The number of benzene rings is 2. The zero-order chi connectivity index (χ0) is 21.2. The fourth-order valence-electron chi connectivity index (χ4n) is 3.10. The SMILES string of the molecule is COc1ccc(OC)c(C(C)NC(=O)CN(C)CCCOc2ccccc2C)c1. The summed E-state index contributed by atoms with van der Waals surface area (Å²) in [6.07, 6.45) is 0.845. The van der Waals surface area contributed by atoms with Gasteiger partial charge < -0.3 is 19.5 Å². The predicted molar refractivity (Wildman–Crippen MR) is 115 cm³/mol. The molecule has 2 aromatic carbocycles. The minimum atomic E-state index is -0.190. The monoisotopic (exact) mass is 400 g/mol. The zero-order valence-corrected chi connectivity index (χ0v) is 18.0. The van der Waals surface area contributed by atoms with Crippen molar-refractivity contribution in [2.75, 3.05) is 41.0 Å². The first kappa shape index (κ1) is 22.6. The molecule has 0 saturated carbocycles. The number of aryl methyl sites for hydroxylation is 1. The number of nitrogens with zero attached hydrogens (tertiary/aromatic N) is 1. The van der Waals surface area contributed by atoms with E-state index in [-0.39, 0.29) is 11.9 Å². The maximum absolute atomic E-state index is 12.4. The van der Waals surface area contributed by atoms with Crippen LogP contribution in [0.15, 0.2) is 42.5 Å². The number of carbonyl (C=O) groups excluding carboxylic acids is 1. The van der Waals surface area contributed by atoms with Crippen molar-refractivity contribution in [3.8, 4) is 17.2 Å². The van der Waals surface area contributed by atoms with Crippen molar-refractivity contribution in [3.63, 3.8) is 0 Å². The summed E-state index contributed by atoms with van der Waals surface area (Å²) in [7, 11) is 5.17. The molecule has 0 saturated heterocycles. The van der Waals surface area contributed by atoms with E-state index < -0.39 is 0 Å². The summed E-state index contributed by atoms with van der Waals surface area (Å²) < 4.78 is 16.5. The van der Waals surface area contributed by atoms with Gasteiger partial charge in [-0.2, -0.15) is 0 Å². The van der Waals surface area contributed by atoms with E-state index in [1.807, 2.05) is 68.3 Å². The quantitative estimate of drug-likeness (QED) is 0.584. The molecule has 0 radical (unpaired) electrons. The van der Waals surface area contributed by atoms with Gasteiger partial charge in [-0.15, -0.1) is 0 Å². The highest BCUT2D eigenvalue weighted by Crippen LogP contribution is 2.29. The lowest BCUT2D eigenvalue weighted by Gasteiger charge is -2.21. The second-order valence-corrected chi connectivity index (χ2v) is 7.10. The molecule has 0 bridgehead atoms. The summed E-state index contributed by atoms with van der Waals surface area (Å²) in [5.74, 6) is 2.33. The molecule has 0 aliphatic rings. The average Bonchev–Trinajstić information content (AvgIpc) is 2.71. The third kappa shape index (κ3) is 6.98. The number of amides is 1. The Bertz CT molecular complexity index is 794. The third-order valence-electron chi connectivity index (χ3n) is 4.73. The topological polar surface area (TPSA) is 60.0 Å². The number of para-hydroxylation sites is 1. The Hall–Kier alpha value is -2.73. The van der Waals surface area contributed by atoms with Crippen molar-refractivity contribution in [3.05, 3.63) is 53.6 Å². The van der Waals surface area contributed by atoms with Gasteiger partial charge in [0.1, 0.15) is 17.2 Å². The number of rotatable bonds is 11. The Kier molecular flexibility index (Phi) is 8.80. The van der Waals surface area contributed by atoms with Gasteiger partial charge in [-0.25, -0.2) is 0 Å². The summed E-state index contributed by atoms with van der Waals surface area (Å²) in [5.41, 5.74) is 2.01. The van der Waals surface area contributed by atoms with Crippen LogP contribution in [0.3, 0.4) is 0 Å². The molecule has 0 aliphatic carbocycles. The van der Waals surface area contributed by atoms with E-state index in [9.17, 15) is 4.79 Å². The van der Waals surface area contributed by atoms with Gasteiger partial charge >= 0.3 is 0 Å². The van der Waals surface area contributed by atoms with Gasteiger partial charge in [0.2, 0.25) is 5.91 Å². The third-order valence-corrected chi connectivity index (χ3v) is 4.73. The molecule has 1 N–H and O–H groups in total. The average molecular weight is 401 g/mol. The number of ether oxygens (including phenoxy) is 3. The molecule has 0 aromatic heterocycles. The Morgan fingerprint density at radius 3 is 2.55 bits per heavy atom. The second-order valence-electron chi connectivity index (χ2n) is 7.10. The molecule has 158 valence electrons. The second kappa shape index (κ2) is 11.3. The number of carbonyl (C=O) groups is 1. The lowest BCUT2D eigenvalue weighted by Crippen LogP contribution is -2.37. The summed E-state index contributed by atoms with van der Waals surface area (Å²) >= 11 is 0. The maximum atomic E-state index is 12.4. The predicted octanol–water partition coefficient (Wildman–Crippen LogP) is 3.59. The van der Waals surface area contributed by atoms with Gasteiger partial charge in [-0.1, -0.05) is 18.2 Å². The van der Waals surface area contributed by atoms with Crippen LogP contribution in [-0.2, 0) is 4.79 Å². The van der Waals surface area contributed by atoms with E-state index in [0.717, 1.165) is 41.3 Å². The first-order valence-corrected chi connectivity index (χ1v) is 9.82. The van der Waals surface area contributed by atoms with Gasteiger partial charge in [0.25, 0.3) is 0 Å². The van der Waals surface area contributed by atoms with Crippen LogP contribution in [0.5, 0.6) is 17.2 Å². The van der Waals surface area contributed by atoms with Crippen molar-refractivity contribution in [2.24, 2.45) is 0 Å². The summed E-state index contributed by atoms with van der Waals surface area (Å²) in [6, 6.07) is 13.3. The normalized spacial score (nSPS) is 11.8. The lowest BCUT2D eigenvalue weighted by molar-refractivity contribution is -0.122. The molecule has 29 heavy (non-hydrogen) atoms. The highest BCUT2D eigenvalue weighted by atomic mass is 16.5. The molecule has 2 aromatic rings. The lowest BCUT2D eigenvalue weighted by atomic mass is 10.1. The number of methoxy groups -OCH3 is 2. The van der Waals surface area contributed by atoms with Gasteiger partial charge in [0.05, 0.1) is 33.4 Å². The molecule has 0 spiro atoms. The van der Waals surface area contributed by atoms with Crippen LogP contribution < -0.4 is 19.5 Å². The van der Waals surface area contributed by atoms with Crippen molar-refractivity contribution >= 4 is 5.91 Å². The van der Waals surface area contributed by atoms with Crippen molar-refractivity contribution in [1.82, 2.24) is 10.2 Å². The van der Waals surface area contributed by atoms with E-state index in [2.05, 4.69) is 5.32 Å². The number of hydrogen-bond acceptors (Lipinski definition) is 5. The van der Waals surface area contributed by atoms with Crippen LogP contribution in [0.25, 0.3) is 0 Å². The molecule has 0 heterocycles. The molecule has 0 fully saturated rings. The van der Waals surface area contributed by atoms with E-state index in [1.54, 1.807) is 14.2 Å². The minimum absolute atomic E-state index is 0.0373. The molecule has 0 aliphatic heterocycles. The Labute approximate surface area is 173 Å². The van der Waals surface area contributed by atoms with Crippen LogP contribution in [0, 0.1) is 6.92 Å². The maximum Gasteiger partial charge on any atom is 0.234 e. The fraction of sp³-hybridized carbons (Fsp3) is 0.435. The summed E-state index contributed by atoms with van der Waals surface area (Å²) in [4.78, 5) is 14.4. The fourth-order valence-corrected chi connectivity index (χ4v) is 3.10. The minimum Gasteiger partial charge on any atom is -0.497 e. The van der Waals surface area contributed by atoms with Crippen LogP contribution in [0.4, 0.5) is 0 Å². The van der Waals surface area contributed by atoms with Crippen molar-refractivity contribution < 1.29 is 19.0 Å². The number of likely N-dealkylation sites (N-methyl/N-ethyl adjacent to an activating group) is 1. The summed E-state index contributed by atoms with van der Waals surface area (Å²) in [5, 5.41) is 3.03. The number of nitrogens with one attached hydrogen (secondary N) is 1. The van der Waals surface area contributed by atoms with E-state index in [4.69, 9.17) is 14.2 Å². The smallest absolute Gasteiger partial charge is 0.234 e. The van der Waals surface area contributed by atoms with Crippen LogP contribution >= 0.6 is 0 Å². The van der Waals surface area contributed by atoms with Crippen LogP contribution in [0.2, 0.25) is 0 Å². The summed E-state index contributed by atoms with van der Waals surface area (Å²) in [6.45, 7) is 5.68. The molecular formula is C23H32N2O4. The van der Waals surface area contributed by atoms with Gasteiger partial charge in [-0.05, 0) is 57.1 Å². The zero-order valence-electron chi connectivity index (χ0n) is 18.0. The van der Waals surface area contributed by atoms with Crippen molar-refractivity contribution in [1.29, 1.82) is 0 Å². The van der Waals surface area contributed by atoms with Crippen molar-refractivity contribution in [2.45, 2.75) is 26.3 Å². The molecule has 1 amide bonds. The highest BCUT2D eigenvalue weighted by molar-refractivity contribution is 5.78. The van der Waals surface area contributed by atoms with Gasteiger partial charge in [-0.3, -0.25) is 9.69 Å². The van der Waals surface area contributed by atoms with E-state index in [0.29, 0.717) is 13.2 Å². The molecule has 6 heteroatoms. The van der Waals surface area contributed by atoms with E-state index >= 15 is 0 Å². The van der Waals surface area contributed by atoms with Crippen LogP contribution in [0.1, 0.15) is 30.5 Å². The molecule has 2 rings (SSSR count). The Balaban J connectivity index is 1.77. The first-order valence-electron chi connectivity index (χ1n) is 9.82. The molecule has 1 atom stereocenters. The molecule has 6 nitrogen and oxygen atoms in total. The molecular weight excluding hydrogens is 368 g/mol. The largest absolute Gasteiger partial charge is 0.497 e. The van der Waals surface area contributed by atoms with E-state index in [1.165, 1.54) is 0 Å². The number of hydrogen-bond donors (Lipinski definition) is 1. The first-order chi connectivity index (χ1) is 13.9. The molecule has 1 unspecified atom stereocenters. The van der Waals surface area contributed by atoms with Crippen LogP contribution in [-0.4, -0.2) is 51.8 Å². The Morgan fingerprint density at radius 2 is 1.86 bits per heavy atom.